The second-order valence-electron chi connectivity index (χ2n) is 5.51. The third-order valence-electron chi connectivity index (χ3n) is 4.30. The molecule has 1 amide bonds. The maximum atomic E-state index is 13.1. The summed E-state index contributed by atoms with van der Waals surface area (Å²) < 4.78 is 39.0. The Hall–Kier alpha value is -1.52. The molecule has 0 aliphatic heterocycles. The lowest BCUT2D eigenvalue weighted by Crippen LogP contribution is -2.38. The number of rotatable bonds is 2. The van der Waals surface area contributed by atoms with Crippen LogP contribution in [-0.2, 0) is 0 Å². The molecule has 2 bridgehead atoms. The molecular weight excluding hydrogens is 255 g/mol. The van der Waals surface area contributed by atoms with Gasteiger partial charge in [0, 0.05) is 11.6 Å². The lowest BCUT2D eigenvalue weighted by atomic mass is 9.95. The Kier molecular flexibility index (Phi) is 2.99. The zero-order valence-corrected chi connectivity index (χ0v) is 10.3. The predicted octanol–water partition coefficient (Wildman–Crippen LogP) is 3.02. The number of hydrogen-bond acceptors (Lipinski definition) is 1. The van der Waals surface area contributed by atoms with E-state index in [0.29, 0.717) is 11.8 Å². The molecule has 3 unspecified atom stereocenters. The van der Waals surface area contributed by atoms with Gasteiger partial charge in [-0.2, -0.15) is 0 Å². The minimum atomic E-state index is -1.54. The van der Waals surface area contributed by atoms with E-state index in [1.165, 1.54) is 6.42 Å². The van der Waals surface area contributed by atoms with Crippen molar-refractivity contribution >= 4 is 5.91 Å². The van der Waals surface area contributed by atoms with Gasteiger partial charge < -0.3 is 5.32 Å². The summed E-state index contributed by atoms with van der Waals surface area (Å²) in [5, 5.41) is 2.81. The first kappa shape index (κ1) is 12.5. The maximum absolute atomic E-state index is 13.1. The SMILES string of the molecule is O=C(NC1CC2CCC1C2)c1cc(F)c(F)c(F)c1. The summed E-state index contributed by atoms with van der Waals surface area (Å²) in [6, 6.07) is 1.56. The van der Waals surface area contributed by atoms with Crippen molar-refractivity contribution in [1.29, 1.82) is 0 Å². The molecule has 2 saturated carbocycles. The summed E-state index contributed by atoms with van der Waals surface area (Å²) >= 11 is 0. The quantitative estimate of drug-likeness (QED) is 0.821. The van der Waals surface area contributed by atoms with Crippen molar-refractivity contribution in [2.75, 3.05) is 0 Å². The first-order valence-electron chi connectivity index (χ1n) is 6.50. The van der Waals surface area contributed by atoms with E-state index in [1.807, 2.05) is 0 Å². The zero-order valence-electron chi connectivity index (χ0n) is 10.3. The molecule has 1 aromatic carbocycles. The van der Waals surface area contributed by atoms with Crippen LogP contribution in [0.5, 0.6) is 0 Å². The Morgan fingerprint density at radius 2 is 1.79 bits per heavy atom. The molecular formula is C14H14F3NO. The molecule has 19 heavy (non-hydrogen) atoms. The third kappa shape index (κ3) is 2.22. The highest BCUT2D eigenvalue weighted by Gasteiger charge is 2.40. The summed E-state index contributed by atoms with van der Waals surface area (Å²) in [7, 11) is 0. The minimum Gasteiger partial charge on any atom is -0.349 e. The molecule has 3 rings (SSSR count). The van der Waals surface area contributed by atoms with Gasteiger partial charge in [-0.1, -0.05) is 6.42 Å². The molecule has 5 heteroatoms. The van der Waals surface area contributed by atoms with Crippen LogP contribution in [0.25, 0.3) is 0 Å². The normalized spacial score (nSPS) is 28.7. The fourth-order valence-corrected chi connectivity index (χ4v) is 3.36. The lowest BCUT2D eigenvalue weighted by Gasteiger charge is -2.22. The maximum Gasteiger partial charge on any atom is 0.251 e. The number of nitrogens with one attached hydrogen (secondary N) is 1. The van der Waals surface area contributed by atoms with Crippen LogP contribution >= 0.6 is 0 Å². The molecule has 102 valence electrons. The summed E-state index contributed by atoms with van der Waals surface area (Å²) in [4.78, 5) is 11.9. The van der Waals surface area contributed by atoms with E-state index in [0.717, 1.165) is 31.4 Å². The first-order chi connectivity index (χ1) is 9.04. The van der Waals surface area contributed by atoms with E-state index in [9.17, 15) is 18.0 Å². The second kappa shape index (κ2) is 4.54. The number of halogens is 3. The number of fused-ring (bicyclic) bond motifs is 2. The van der Waals surface area contributed by atoms with Gasteiger partial charge in [0.1, 0.15) is 0 Å². The summed E-state index contributed by atoms with van der Waals surface area (Å²) in [5.74, 6) is -3.61. The Labute approximate surface area is 109 Å². The van der Waals surface area contributed by atoms with Crippen LogP contribution in [0, 0.1) is 29.3 Å². The predicted molar refractivity (Wildman–Crippen MR) is 63.0 cm³/mol. The number of carbonyl (C=O) groups is 1. The molecule has 2 fully saturated rings. The standard InChI is InChI=1S/C14H14F3NO/c15-10-5-9(6-11(16)13(10)17)14(19)18-12-4-7-1-2-8(12)3-7/h5-8,12H,1-4H2,(H,18,19). The van der Waals surface area contributed by atoms with Gasteiger partial charge in [-0.15, -0.1) is 0 Å². The monoisotopic (exact) mass is 269 g/mol. The van der Waals surface area contributed by atoms with Crippen LogP contribution in [-0.4, -0.2) is 11.9 Å². The third-order valence-corrected chi connectivity index (χ3v) is 4.30. The summed E-state index contributed by atoms with van der Waals surface area (Å²) in [6.07, 6.45) is 4.36. The molecule has 3 atom stereocenters. The molecule has 0 radical (unpaired) electrons. The lowest BCUT2D eigenvalue weighted by molar-refractivity contribution is 0.0921. The van der Waals surface area contributed by atoms with Gasteiger partial charge >= 0.3 is 0 Å². The van der Waals surface area contributed by atoms with Gasteiger partial charge in [-0.3, -0.25) is 4.79 Å². The second-order valence-corrected chi connectivity index (χ2v) is 5.51. The summed E-state index contributed by atoms with van der Waals surface area (Å²) in [6.45, 7) is 0. The smallest absolute Gasteiger partial charge is 0.251 e. The van der Waals surface area contributed by atoms with Gasteiger partial charge in [-0.05, 0) is 43.2 Å². The van der Waals surface area contributed by atoms with Crippen molar-refractivity contribution in [3.8, 4) is 0 Å². The fourth-order valence-electron chi connectivity index (χ4n) is 3.36. The first-order valence-corrected chi connectivity index (χ1v) is 6.50. The van der Waals surface area contributed by atoms with Gasteiger partial charge in [-0.25, -0.2) is 13.2 Å². The molecule has 2 aliphatic carbocycles. The van der Waals surface area contributed by atoms with Crippen molar-refractivity contribution in [1.82, 2.24) is 5.32 Å². The van der Waals surface area contributed by atoms with Gasteiger partial charge in [0.15, 0.2) is 17.5 Å². The highest BCUT2D eigenvalue weighted by molar-refractivity contribution is 5.94. The summed E-state index contributed by atoms with van der Waals surface area (Å²) in [5.41, 5.74) is -0.167. The number of carbonyl (C=O) groups excluding carboxylic acids is 1. The zero-order chi connectivity index (χ0) is 13.6. The minimum absolute atomic E-state index is 0.0856. The Balaban J connectivity index is 1.74. The van der Waals surface area contributed by atoms with E-state index in [4.69, 9.17) is 0 Å². The fraction of sp³-hybridized carbons (Fsp3) is 0.500. The highest BCUT2D eigenvalue weighted by Crippen LogP contribution is 2.44. The Morgan fingerprint density at radius 3 is 2.32 bits per heavy atom. The molecule has 2 nitrogen and oxygen atoms in total. The molecule has 1 N–H and O–H groups in total. The number of amides is 1. The molecule has 0 heterocycles. The molecule has 0 spiro atoms. The van der Waals surface area contributed by atoms with Crippen molar-refractivity contribution in [3.63, 3.8) is 0 Å². The van der Waals surface area contributed by atoms with Crippen molar-refractivity contribution in [2.24, 2.45) is 11.8 Å². The van der Waals surface area contributed by atoms with E-state index in [-0.39, 0.29) is 11.6 Å². The molecule has 2 aliphatic rings. The molecule has 1 aromatic rings. The van der Waals surface area contributed by atoms with E-state index in [1.54, 1.807) is 0 Å². The highest BCUT2D eigenvalue weighted by atomic mass is 19.2. The van der Waals surface area contributed by atoms with Crippen molar-refractivity contribution in [3.05, 3.63) is 35.1 Å². The van der Waals surface area contributed by atoms with E-state index >= 15 is 0 Å². The largest absolute Gasteiger partial charge is 0.349 e. The van der Waals surface area contributed by atoms with E-state index in [2.05, 4.69) is 5.32 Å². The molecule has 0 aromatic heterocycles. The van der Waals surface area contributed by atoms with Gasteiger partial charge in [0.05, 0.1) is 0 Å². The number of benzene rings is 1. The topological polar surface area (TPSA) is 29.1 Å². The van der Waals surface area contributed by atoms with Crippen LogP contribution in [0.2, 0.25) is 0 Å². The van der Waals surface area contributed by atoms with Crippen LogP contribution in [0.3, 0.4) is 0 Å². The Morgan fingerprint density at radius 1 is 1.11 bits per heavy atom. The van der Waals surface area contributed by atoms with Gasteiger partial charge in [0.25, 0.3) is 5.91 Å². The van der Waals surface area contributed by atoms with E-state index < -0.39 is 23.4 Å². The van der Waals surface area contributed by atoms with Crippen molar-refractivity contribution < 1.29 is 18.0 Å². The van der Waals surface area contributed by atoms with Gasteiger partial charge in [0.2, 0.25) is 0 Å². The average Bonchev–Trinajstić information content (AvgIpc) is 2.97. The van der Waals surface area contributed by atoms with Crippen LogP contribution in [0.15, 0.2) is 12.1 Å². The van der Waals surface area contributed by atoms with Crippen LogP contribution in [0.4, 0.5) is 13.2 Å². The average molecular weight is 269 g/mol. The Bertz CT molecular complexity index is 508. The van der Waals surface area contributed by atoms with Crippen molar-refractivity contribution in [2.45, 2.75) is 31.7 Å². The van der Waals surface area contributed by atoms with Crippen LogP contribution in [0.1, 0.15) is 36.0 Å². The van der Waals surface area contributed by atoms with Crippen LogP contribution < -0.4 is 5.32 Å². The number of hydrogen-bond donors (Lipinski definition) is 1. The molecule has 0 saturated heterocycles.